The second kappa shape index (κ2) is 8.06. The van der Waals surface area contributed by atoms with Gasteiger partial charge in [0.2, 0.25) is 0 Å². The molecular formula is C13H21NO3. The molecule has 4 nitrogen and oxygen atoms in total. The summed E-state index contributed by atoms with van der Waals surface area (Å²) in [6.07, 6.45) is 0. The van der Waals surface area contributed by atoms with Gasteiger partial charge in [0.15, 0.2) is 0 Å². The van der Waals surface area contributed by atoms with Crippen LogP contribution in [0.15, 0.2) is 24.3 Å². The minimum absolute atomic E-state index is 0.152. The third kappa shape index (κ3) is 4.73. The normalized spacial score (nSPS) is 10.8. The summed E-state index contributed by atoms with van der Waals surface area (Å²) in [5, 5.41) is 9.03. The molecule has 0 spiro atoms. The van der Waals surface area contributed by atoms with Gasteiger partial charge < -0.3 is 14.6 Å². The summed E-state index contributed by atoms with van der Waals surface area (Å²) in [5.41, 5.74) is 1.12. The van der Waals surface area contributed by atoms with Crippen LogP contribution in [0, 0.1) is 0 Å². The summed E-state index contributed by atoms with van der Waals surface area (Å²) in [6, 6.07) is 7.93. The van der Waals surface area contributed by atoms with Gasteiger partial charge in [-0.3, -0.25) is 4.90 Å². The van der Waals surface area contributed by atoms with Gasteiger partial charge in [0.05, 0.1) is 20.3 Å². The lowest BCUT2D eigenvalue weighted by Gasteiger charge is -2.21. The van der Waals surface area contributed by atoms with Gasteiger partial charge in [-0.1, -0.05) is 18.2 Å². The average Bonchev–Trinajstić information content (AvgIpc) is 2.37. The van der Waals surface area contributed by atoms with Crippen molar-refractivity contribution in [3.8, 4) is 5.75 Å². The molecule has 0 radical (unpaired) electrons. The second-order valence-electron chi connectivity index (χ2n) is 3.80. The Balaban J connectivity index is 2.63. The number of rotatable bonds is 8. The first-order valence-corrected chi connectivity index (χ1v) is 5.76. The van der Waals surface area contributed by atoms with E-state index >= 15 is 0 Å². The molecule has 1 rings (SSSR count). The SMILES string of the molecule is COCCN(CCO)Cc1ccccc1OC. The highest BCUT2D eigenvalue weighted by Crippen LogP contribution is 2.18. The Morgan fingerprint density at radius 1 is 1.18 bits per heavy atom. The summed E-state index contributed by atoms with van der Waals surface area (Å²) in [6.45, 7) is 3.01. The van der Waals surface area contributed by atoms with Crippen molar-refractivity contribution in [2.75, 3.05) is 40.5 Å². The van der Waals surface area contributed by atoms with Crippen molar-refractivity contribution in [3.63, 3.8) is 0 Å². The number of para-hydroxylation sites is 1. The molecule has 0 amide bonds. The van der Waals surface area contributed by atoms with Crippen LogP contribution in [0.2, 0.25) is 0 Å². The van der Waals surface area contributed by atoms with Crippen LogP contribution in [-0.2, 0) is 11.3 Å². The number of benzene rings is 1. The lowest BCUT2D eigenvalue weighted by molar-refractivity contribution is 0.126. The van der Waals surface area contributed by atoms with Crippen molar-refractivity contribution >= 4 is 0 Å². The van der Waals surface area contributed by atoms with Crippen LogP contribution < -0.4 is 4.74 Å². The number of nitrogens with zero attached hydrogens (tertiary/aromatic N) is 1. The maximum absolute atomic E-state index is 9.03. The van der Waals surface area contributed by atoms with E-state index in [0.717, 1.165) is 24.4 Å². The molecule has 1 aromatic carbocycles. The number of aliphatic hydroxyl groups excluding tert-OH is 1. The van der Waals surface area contributed by atoms with E-state index in [1.165, 1.54) is 0 Å². The van der Waals surface area contributed by atoms with Gasteiger partial charge >= 0.3 is 0 Å². The van der Waals surface area contributed by atoms with Crippen LogP contribution in [0.25, 0.3) is 0 Å². The predicted octanol–water partition coefficient (Wildman–Crippen LogP) is 1.14. The van der Waals surface area contributed by atoms with Gasteiger partial charge in [0.1, 0.15) is 5.75 Å². The quantitative estimate of drug-likeness (QED) is 0.738. The fraction of sp³-hybridized carbons (Fsp3) is 0.538. The van der Waals surface area contributed by atoms with E-state index in [-0.39, 0.29) is 6.61 Å². The standard InChI is InChI=1S/C13H21NO3/c1-16-10-8-14(7-9-15)11-12-5-3-4-6-13(12)17-2/h3-6,15H,7-11H2,1-2H3. The molecule has 0 aliphatic carbocycles. The maximum atomic E-state index is 9.03. The third-order valence-corrected chi connectivity index (χ3v) is 2.61. The van der Waals surface area contributed by atoms with Crippen molar-refractivity contribution in [2.45, 2.75) is 6.54 Å². The Morgan fingerprint density at radius 2 is 1.94 bits per heavy atom. The van der Waals surface area contributed by atoms with E-state index in [2.05, 4.69) is 4.90 Å². The molecule has 0 heterocycles. The molecule has 0 saturated carbocycles. The zero-order chi connectivity index (χ0) is 12.5. The third-order valence-electron chi connectivity index (χ3n) is 2.61. The van der Waals surface area contributed by atoms with E-state index in [1.807, 2.05) is 24.3 Å². The van der Waals surface area contributed by atoms with Gasteiger partial charge in [0.25, 0.3) is 0 Å². The lowest BCUT2D eigenvalue weighted by atomic mass is 10.2. The highest BCUT2D eigenvalue weighted by molar-refractivity contribution is 5.33. The van der Waals surface area contributed by atoms with E-state index in [9.17, 15) is 0 Å². The van der Waals surface area contributed by atoms with Gasteiger partial charge in [-0.15, -0.1) is 0 Å². The van der Waals surface area contributed by atoms with E-state index < -0.39 is 0 Å². The fourth-order valence-corrected chi connectivity index (χ4v) is 1.71. The van der Waals surface area contributed by atoms with Crippen LogP contribution in [0.3, 0.4) is 0 Å². The van der Waals surface area contributed by atoms with Crippen LogP contribution in [0.4, 0.5) is 0 Å². The summed E-state index contributed by atoms with van der Waals surface area (Å²) >= 11 is 0. The lowest BCUT2D eigenvalue weighted by Crippen LogP contribution is -2.30. The molecule has 17 heavy (non-hydrogen) atoms. The van der Waals surface area contributed by atoms with E-state index in [0.29, 0.717) is 13.2 Å². The molecule has 1 N–H and O–H groups in total. The highest BCUT2D eigenvalue weighted by atomic mass is 16.5. The number of hydrogen-bond donors (Lipinski definition) is 1. The van der Waals surface area contributed by atoms with Crippen molar-refractivity contribution in [1.29, 1.82) is 0 Å². The molecule has 0 aliphatic rings. The zero-order valence-corrected chi connectivity index (χ0v) is 10.6. The topological polar surface area (TPSA) is 41.9 Å². The monoisotopic (exact) mass is 239 g/mol. The van der Waals surface area contributed by atoms with Crippen LogP contribution >= 0.6 is 0 Å². The fourth-order valence-electron chi connectivity index (χ4n) is 1.71. The molecule has 1 aromatic rings. The first kappa shape index (κ1) is 14.0. The van der Waals surface area contributed by atoms with Crippen molar-refractivity contribution in [1.82, 2.24) is 4.90 Å². The van der Waals surface area contributed by atoms with Crippen molar-refractivity contribution in [2.24, 2.45) is 0 Å². The first-order chi connectivity index (χ1) is 8.31. The summed E-state index contributed by atoms with van der Waals surface area (Å²) in [7, 11) is 3.35. The van der Waals surface area contributed by atoms with Crippen molar-refractivity contribution < 1.29 is 14.6 Å². The Morgan fingerprint density at radius 3 is 2.59 bits per heavy atom. The summed E-state index contributed by atoms with van der Waals surface area (Å²) in [4.78, 5) is 2.14. The molecule has 0 bridgehead atoms. The molecule has 0 aliphatic heterocycles. The second-order valence-corrected chi connectivity index (χ2v) is 3.80. The molecule has 0 unspecified atom stereocenters. The minimum atomic E-state index is 0.152. The number of aliphatic hydroxyl groups is 1. The number of hydrogen-bond acceptors (Lipinski definition) is 4. The van der Waals surface area contributed by atoms with Gasteiger partial charge in [-0.25, -0.2) is 0 Å². The molecular weight excluding hydrogens is 218 g/mol. The van der Waals surface area contributed by atoms with Crippen LogP contribution in [-0.4, -0.2) is 50.5 Å². The van der Waals surface area contributed by atoms with Crippen molar-refractivity contribution in [3.05, 3.63) is 29.8 Å². The van der Waals surface area contributed by atoms with Gasteiger partial charge in [0, 0.05) is 32.3 Å². The van der Waals surface area contributed by atoms with Gasteiger partial charge in [-0.05, 0) is 6.07 Å². The largest absolute Gasteiger partial charge is 0.496 e. The smallest absolute Gasteiger partial charge is 0.123 e. The molecule has 0 aromatic heterocycles. The predicted molar refractivity (Wildman–Crippen MR) is 67.2 cm³/mol. The highest BCUT2D eigenvalue weighted by Gasteiger charge is 2.08. The first-order valence-electron chi connectivity index (χ1n) is 5.76. The molecule has 4 heteroatoms. The number of ether oxygens (including phenoxy) is 2. The van der Waals surface area contributed by atoms with E-state index in [1.54, 1.807) is 14.2 Å². The average molecular weight is 239 g/mol. The van der Waals surface area contributed by atoms with E-state index in [4.69, 9.17) is 14.6 Å². The van der Waals surface area contributed by atoms with Crippen LogP contribution in [0.1, 0.15) is 5.56 Å². The Hall–Kier alpha value is -1.10. The summed E-state index contributed by atoms with van der Waals surface area (Å²) in [5.74, 6) is 0.882. The summed E-state index contributed by atoms with van der Waals surface area (Å²) < 4.78 is 10.4. The molecule has 0 saturated heterocycles. The van der Waals surface area contributed by atoms with Gasteiger partial charge in [-0.2, -0.15) is 0 Å². The Bertz CT molecular complexity index is 317. The molecule has 0 fully saturated rings. The molecule has 96 valence electrons. The molecule has 0 atom stereocenters. The Kier molecular flexibility index (Phi) is 6.62. The minimum Gasteiger partial charge on any atom is -0.496 e. The Labute approximate surface area is 103 Å². The van der Waals surface area contributed by atoms with Crippen LogP contribution in [0.5, 0.6) is 5.75 Å². The maximum Gasteiger partial charge on any atom is 0.123 e. The number of methoxy groups -OCH3 is 2. The zero-order valence-electron chi connectivity index (χ0n) is 10.6.